The van der Waals surface area contributed by atoms with E-state index in [9.17, 15) is 13.2 Å². The zero-order valence-corrected chi connectivity index (χ0v) is 14.4. The molecule has 140 valence electrons. The van der Waals surface area contributed by atoms with Crippen molar-refractivity contribution >= 4 is 23.1 Å². The van der Waals surface area contributed by atoms with Crippen LogP contribution in [0.4, 0.5) is 36.3 Å². The maximum absolute atomic E-state index is 12.5. The molecule has 1 aromatic carbocycles. The molecule has 0 amide bonds. The lowest BCUT2D eigenvalue weighted by atomic mass is 10.3. The summed E-state index contributed by atoms with van der Waals surface area (Å²) in [6.07, 6.45) is -3.52. The van der Waals surface area contributed by atoms with Crippen molar-refractivity contribution in [1.29, 1.82) is 0 Å². The molecule has 27 heavy (non-hydrogen) atoms. The molecule has 10 heteroatoms. The van der Waals surface area contributed by atoms with Gasteiger partial charge in [-0.3, -0.25) is 0 Å². The summed E-state index contributed by atoms with van der Waals surface area (Å²) in [5.41, 5.74) is 0.906. The first-order chi connectivity index (χ1) is 12.8. The molecule has 0 aliphatic carbocycles. The fourth-order valence-corrected chi connectivity index (χ4v) is 2.33. The standard InChI is InChI=1S/C17H15F3N6O/c1-10-7-16(24-11(2)23-10)26-15-8-14(21-9-22-15)25-12-5-3-4-6-13(12)27-17(18,19)20/h3-9H,1-2H3,(H2,21,22,23,24,25,26). The van der Waals surface area contributed by atoms with Crippen LogP contribution in [0.15, 0.2) is 42.7 Å². The molecule has 0 unspecified atom stereocenters. The van der Waals surface area contributed by atoms with E-state index in [1.165, 1.54) is 30.6 Å². The molecular weight excluding hydrogens is 361 g/mol. The molecule has 0 atom stereocenters. The molecular formula is C17H15F3N6O. The van der Waals surface area contributed by atoms with Crippen LogP contribution in [-0.4, -0.2) is 26.3 Å². The lowest BCUT2D eigenvalue weighted by molar-refractivity contribution is -0.274. The first kappa shape index (κ1) is 18.4. The third-order valence-electron chi connectivity index (χ3n) is 3.26. The highest BCUT2D eigenvalue weighted by Gasteiger charge is 2.32. The third-order valence-corrected chi connectivity index (χ3v) is 3.26. The molecule has 0 saturated heterocycles. The van der Waals surface area contributed by atoms with Crippen LogP contribution in [0.25, 0.3) is 0 Å². The molecule has 0 fully saturated rings. The summed E-state index contributed by atoms with van der Waals surface area (Å²) < 4.78 is 41.6. The van der Waals surface area contributed by atoms with Gasteiger partial charge in [0.2, 0.25) is 0 Å². The molecule has 3 rings (SSSR count). The van der Waals surface area contributed by atoms with E-state index in [0.29, 0.717) is 17.5 Å². The lowest BCUT2D eigenvalue weighted by Gasteiger charge is -2.14. The number of aromatic nitrogens is 4. The predicted octanol–water partition coefficient (Wildman–Crippen LogP) is 4.27. The van der Waals surface area contributed by atoms with Crippen LogP contribution in [-0.2, 0) is 0 Å². The number of anilines is 4. The van der Waals surface area contributed by atoms with Gasteiger partial charge in [0.15, 0.2) is 5.75 Å². The quantitative estimate of drug-likeness (QED) is 0.688. The molecule has 0 saturated carbocycles. The van der Waals surface area contributed by atoms with E-state index in [2.05, 4.69) is 35.3 Å². The van der Waals surface area contributed by atoms with Crippen molar-refractivity contribution in [1.82, 2.24) is 19.9 Å². The van der Waals surface area contributed by atoms with E-state index in [-0.39, 0.29) is 17.3 Å². The fourth-order valence-electron chi connectivity index (χ4n) is 2.33. The van der Waals surface area contributed by atoms with E-state index >= 15 is 0 Å². The second kappa shape index (κ2) is 7.44. The number of aryl methyl sites for hydroxylation is 2. The van der Waals surface area contributed by atoms with Crippen molar-refractivity contribution in [2.24, 2.45) is 0 Å². The van der Waals surface area contributed by atoms with Crippen molar-refractivity contribution in [2.75, 3.05) is 10.6 Å². The molecule has 0 bridgehead atoms. The van der Waals surface area contributed by atoms with Crippen LogP contribution in [0.1, 0.15) is 11.5 Å². The van der Waals surface area contributed by atoms with Crippen LogP contribution >= 0.6 is 0 Å². The number of rotatable bonds is 5. The summed E-state index contributed by atoms with van der Waals surface area (Å²) >= 11 is 0. The summed E-state index contributed by atoms with van der Waals surface area (Å²) in [7, 11) is 0. The molecule has 2 N–H and O–H groups in total. The van der Waals surface area contributed by atoms with Crippen LogP contribution in [0.3, 0.4) is 0 Å². The molecule has 2 heterocycles. The lowest BCUT2D eigenvalue weighted by Crippen LogP contribution is -2.17. The van der Waals surface area contributed by atoms with Crippen molar-refractivity contribution in [3.63, 3.8) is 0 Å². The molecule has 0 aliphatic rings. The van der Waals surface area contributed by atoms with Gasteiger partial charge < -0.3 is 15.4 Å². The number of para-hydroxylation sites is 2. The number of ether oxygens (including phenoxy) is 1. The summed E-state index contributed by atoms with van der Waals surface area (Å²) in [4.78, 5) is 16.5. The van der Waals surface area contributed by atoms with E-state index in [1.54, 1.807) is 19.1 Å². The van der Waals surface area contributed by atoms with Gasteiger partial charge in [0.05, 0.1) is 5.69 Å². The third kappa shape index (κ3) is 5.27. The summed E-state index contributed by atoms with van der Waals surface area (Å²) in [5, 5.41) is 5.81. The van der Waals surface area contributed by atoms with Crippen LogP contribution < -0.4 is 15.4 Å². The average molecular weight is 376 g/mol. The SMILES string of the molecule is Cc1cc(Nc2cc(Nc3ccccc3OC(F)(F)F)ncn2)nc(C)n1. The maximum atomic E-state index is 12.5. The monoisotopic (exact) mass is 376 g/mol. The molecule has 3 aromatic rings. The van der Waals surface area contributed by atoms with Crippen molar-refractivity contribution < 1.29 is 17.9 Å². The summed E-state index contributed by atoms with van der Waals surface area (Å²) in [6, 6.07) is 8.97. The minimum Gasteiger partial charge on any atom is -0.404 e. The minimum atomic E-state index is -4.79. The van der Waals surface area contributed by atoms with E-state index in [1.807, 2.05) is 6.92 Å². The van der Waals surface area contributed by atoms with E-state index < -0.39 is 6.36 Å². The maximum Gasteiger partial charge on any atom is 0.573 e. The second-order valence-electron chi connectivity index (χ2n) is 5.52. The van der Waals surface area contributed by atoms with Crippen molar-refractivity contribution in [2.45, 2.75) is 20.2 Å². The Balaban J connectivity index is 1.81. The van der Waals surface area contributed by atoms with Gasteiger partial charge in [-0.25, -0.2) is 19.9 Å². The highest BCUT2D eigenvalue weighted by molar-refractivity contribution is 5.66. The first-order valence-corrected chi connectivity index (χ1v) is 7.82. The number of benzene rings is 1. The normalized spacial score (nSPS) is 11.1. The Hall–Kier alpha value is -3.43. The molecule has 0 spiro atoms. The molecule has 7 nitrogen and oxygen atoms in total. The number of halogens is 3. The molecule has 2 aromatic heterocycles. The van der Waals surface area contributed by atoms with Crippen molar-refractivity contribution in [3.05, 3.63) is 54.2 Å². The van der Waals surface area contributed by atoms with Gasteiger partial charge in [-0.1, -0.05) is 12.1 Å². The Labute approximate surface area is 152 Å². The predicted molar refractivity (Wildman–Crippen MR) is 93.2 cm³/mol. The Kier molecular flexibility index (Phi) is 5.06. The van der Waals surface area contributed by atoms with Gasteiger partial charge in [0.25, 0.3) is 0 Å². The minimum absolute atomic E-state index is 0.119. The zero-order valence-electron chi connectivity index (χ0n) is 14.4. The van der Waals surface area contributed by atoms with Gasteiger partial charge in [0, 0.05) is 17.8 Å². The Morgan fingerprint density at radius 1 is 0.889 bits per heavy atom. The number of hydrogen-bond acceptors (Lipinski definition) is 7. The van der Waals surface area contributed by atoms with Crippen molar-refractivity contribution in [3.8, 4) is 5.75 Å². The summed E-state index contributed by atoms with van der Waals surface area (Å²) in [5.74, 6) is 1.49. The van der Waals surface area contributed by atoms with Gasteiger partial charge in [-0.15, -0.1) is 13.2 Å². The number of nitrogens with zero attached hydrogens (tertiary/aromatic N) is 4. The number of hydrogen-bond donors (Lipinski definition) is 2. The van der Waals surface area contributed by atoms with Gasteiger partial charge in [-0.05, 0) is 26.0 Å². The van der Waals surface area contributed by atoms with Crippen LogP contribution in [0.2, 0.25) is 0 Å². The van der Waals surface area contributed by atoms with Gasteiger partial charge >= 0.3 is 6.36 Å². The van der Waals surface area contributed by atoms with Gasteiger partial charge in [0.1, 0.15) is 29.6 Å². The molecule has 0 radical (unpaired) electrons. The van der Waals surface area contributed by atoms with Gasteiger partial charge in [-0.2, -0.15) is 0 Å². The second-order valence-corrected chi connectivity index (χ2v) is 5.52. The highest BCUT2D eigenvalue weighted by Crippen LogP contribution is 2.31. The number of nitrogens with one attached hydrogen (secondary N) is 2. The average Bonchev–Trinajstić information content (AvgIpc) is 2.55. The topological polar surface area (TPSA) is 84.9 Å². The number of alkyl halides is 3. The van der Waals surface area contributed by atoms with Crippen LogP contribution in [0, 0.1) is 13.8 Å². The smallest absolute Gasteiger partial charge is 0.404 e. The fraction of sp³-hybridized carbons (Fsp3) is 0.176. The first-order valence-electron chi connectivity index (χ1n) is 7.82. The van der Waals surface area contributed by atoms with E-state index in [4.69, 9.17) is 0 Å². The highest BCUT2D eigenvalue weighted by atomic mass is 19.4. The largest absolute Gasteiger partial charge is 0.573 e. The Bertz CT molecular complexity index is 928. The molecule has 0 aliphatic heterocycles. The Morgan fingerprint density at radius 3 is 2.30 bits per heavy atom. The summed E-state index contributed by atoms with van der Waals surface area (Å²) in [6.45, 7) is 3.60. The zero-order chi connectivity index (χ0) is 19.4. The van der Waals surface area contributed by atoms with Crippen LogP contribution in [0.5, 0.6) is 5.75 Å². The Morgan fingerprint density at radius 2 is 1.59 bits per heavy atom. The van der Waals surface area contributed by atoms with E-state index in [0.717, 1.165) is 5.69 Å².